The van der Waals surface area contributed by atoms with Gasteiger partial charge in [-0.15, -0.1) is 0 Å². The lowest BCUT2D eigenvalue weighted by molar-refractivity contribution is 0.332. The maximum atomic E-state index is 5.65. The Morgan fingerprint density at radius 2 is 2.14 bits per heavy atom. The summed E-state index contributed by atoms with van der Waals surface area (Å²) in [4.78, 5) is 3.95. The predicted molar refractivity (Wildman–Crippen MR) is 54.4 cm³/mol. The zero-order valence-corrected chi connectivity index (χ0v) is 8.73. The Labute approximate surface area is 83.9 Å². The highest BCUT2D eigenvalue weighted by Crippen LogP contribution is 2.15. The second kappa shape index (κ2) is 4.95. The van der Waals surface area contributed by atoms with Crippen LogP contribution in [0.3, 0.4) is 0 Å². The van der Waals surface area contributed by atoms with Gasteiger partial charge in [0.2, 0.25) is 5.89 Å². The van der Waals surface area contributed by atoms with Crippen LogP contribution in [0, 0.1) is 11.8 Å². The zero-order chi connectivity index (χ0) is 10.6. The molecular formula is C9H18N4O. The molecule has 1 aromatic heterocycles. The second-order valence-electron chi connectivity index (χ2n) is 3.98. The van der Waals surface area contributed by atoms with Crippen molar-refractivity contribution in [3.8, 4) is 0 Å². The molecule has 0 aromatic carbocycles. The summed E-state index contributed by atoms with van der Waals surface area (Å²) >= 11 is 0. The third kappa shape index (κ3) is 3.33. The van der Waals surface area contributed by atoms with E-state index in [4.69, 9.17) is 16.0 Å². The summed E-state index contributed by atoms with van der Waals surface area (Å²) in [5.74, 6) is 1.80. The number of nitrogens with two attached hydrogens (primary N) is 2. The number of nitrogens with zero attached hydrogens (tertiary/aromatic N) is 2. The molecule has 1 atom stereocenters. The van der Waals surface area contributed by atoms with Gasteiger partial charge in [-0.05, 0) is 30.0 Å². The van der Waals surface area contributed by atoms with Gasteiger partial charge < -0.3 is 16.0 Å². The van der Waals surface area contributed by atoms with E-state index in [0.717, 1.165) is 12.8 Å². The first-order valence-corrected chi connectivity index (χ1v) is 4.90. The third-order valence-electron chi connectivity index (χ3n) is 2.09. The van der Waals surface area contributed by atoms with E-state index in [1.54, 1.807) is 0 Å². The molecule has 5 heteroatoms. The van der Waals surface area contributed by atoms with E-state index in [9.17, 15) is 0 Å². The Morgan fingerprint density at radius 3 is 2.57 bits per heavy atom. The molecule has 80 valence electrons. The van der Waals surface area contributed by atoms with E-state index in [-0.39, 0.29) is 5.95 Å². The lowest BCUT2D eigenvalue weighted by Gasteiger charge is -2.14. The molecule has 5 nitrogen and oxygen atoms in total. The van der Waals surface area contributed by atoms with Gasteiger partial charge in [0.1, 0.15) is 0 Å². The van der Waals surface area contributed by atoms with Gasteiger partial charge in [-0.3, -0.25) is 0 Å². The van der Waals surface area contributed by atoms with Gasteiger partial charge in [-0.1, -0.05) is 13.8 Å². The van der Waals surface area contributed by atoms with Crippen LogP contribution in [0.15, 0.2) is 4.52 Å². The Morgan fingerprint density at radius 1 is 1.43 bits per heavy atom. The molecule has 1 heterocycles. The molecule has 0 fully saturated rings. The summed E-state index contributed by atoms with van der Waals surface area (Å²) in [6.45, 7) is 4.98. The topological polar surface area (TPSA) is 91.0 Å². The summed E-state index contributed by atoms with van der Waals surface area (Å²) < 4.78 is 4.94. The van der Waals surface area contributed by atoms with Gasteiger partial charge in [0.05, 0.1) is 0 Å². The van der Waals surface area contributed by atoms with Crippen LogP contribution in [0.2, 0.25) is 0 Å². The van der Waals surface area contributed by atoms with Gasteiger partial charge in [-0.2, -0.15) is 4.98 Å². The molecule has 1 rings (SSSR count). The zero-order valence-electron chi connectivity index (χ0n) is 8.73. The molecule has 1 aromatic rings. The highest BCUT2D eigenvalue weighted by Gasteiger charge is 2.13. The van der Waals surface area contributed by atoms with E-state index in [1.165, 1.54) is 0 Å². The lowest BCUT2D eigenvalue weighted by Crippen LogP contribution is -2.19. The molecular weight excluding hydrogens is 180 g/mol. The van der Waals surface area contributed by atoms with Crippen LogP contribution in [-0.4, -0.2) is 16.7 Å². The fourth-order valence-electron chi connectivity index (χ4n) is 1.53. The maximum Gasteiger partial charge on any atom is 0.260 e. The molecule has 14 heavy (non-hydrogen) atoms. The molecule has 0 aliphatic carbocycles. The van der Waals surface area contributed by atoms with Gasteiger partial charge in [0.15, 0.2) is 0 Å². The molecule has 0 saturated heterocycles. The fourth-order valence-corrected chi connectivity index (χ4v) is 1.53. The van der Waals surface area contributed by atoms with Crippen molar-refractivity contribution in [3.05, 3.63) is 5.89 Å². The molecule has 0 bridgehead atoms. The Balaban J connectivity index is 2.48. The van der Waals surface area contributed by atoms with E-state index in [0.29, 0.717) is 24.3 Å². The van der Waals surface area contributed by atoms with Crippen LogP contribution >= 0.6 is 0 Å². The predicted octanol–water partition coefficient (Wildman–Crippen LogP) is 0.815. The minimum atomic E-state index is 0.195. The van der Waals surface area contributed by atoms with Crippen molar-refractivity contribution >= 4 is 5.95 Å². The number of nitrogen functional groups attached to an aromatic ring is 1. The monoisotopic (exact) mass is 198 g/mol. The SMILES string of the molecule is CC(C)CC(CN)Cc1nc(N)no1. The van der Waals surface area contributed by atoms with Crippen LogP contribution in [0.25, 0.3) is 0 Å². The Bertz CT molecular complexity index is 272. The average Bonchev–Trinajstić information content (AvgIpc) is 2.49. The summed E-state index contributed by atoms with van der Waals surface area (Å²) in [5.41, 5.74) is 11.0. The fraction of sp³-hybridized carbons (Fsp3) is 0.778. The maximum absolute atomic E-state index is 5.65. The number of hydrogen-bond acceptors (Lipinski definition) is 5. The smallest absolute Gasteiger partial charge is 0.260 e. The standard InChI is InChI=1S/C9H18N4O/c1-6(2)3-7(5-10)4-8-12-9(11)13-14-8/h6-7H,3-5,10H2,1-2H3,(H2,11,13). The van der Waals surface area contributed by atoms with E-state index in [1.807, 2.05) is 0 Å². The summed E-state index contributed by atoms with van der Waals surface area (Å²) in [7, 11) is 0. The molecule has 0 aliphatic rings. The van der Waals surface area contributed by atoms with Gasteiger partial charge in [0, 0.05) is 6.42 Å². The first kappa shape index (κ1) is 11.0. The van der Waals surface area contributed by atoms with E-state index < -0.39 is 0 Å². The van der Waals surface area contributed by atoms with E-state index in [2.05, 4.69) is 24.0 Å². The van der Waals surface area contributed by atoms with Crippen molar-refractivity contribution in [2.75, 3.05) is 12.3 Å². The minimum absolute atomic E-state index is 0.195. The Kier molecular flexibility index (Phi) is 3.88. The molecule has 0 amide bonds. The van der Waals surface area contributed by atoms with Crippen molar-refractivity contribution in [1.82, 2.24) is 10.1 Å². The van der Waals surface area contributed by atoms with Crippen molar-refractivity contribution in [1.29, 1.82) is 0 Å². The molecule has 4 N–H and O–H groups in total. The van der Waals surface area contributed by atoms with E-state index >= 15 is 0 Å². The largest absolute Gasteiger partial charge is 0.365 e. The first-order valence-electron chi connectivity index (χ1n) is 4.90. The first-order chi connectivity index (χ1) is 6.61. The minimum Gasteiger partial charge on any atom is -0.365 e. The van der Waals surface area contributed by atoms with Crippen LogP contribution in [0.5, 0.6) is 0 Å². The second-order valence-corrected chi connectivity index (χ2v) is 3.98. The van der Waals surface area contributed by atoms with Crippen LogP contribution in [-0.2, 0) is 6.42 Å². The molecule has 1 unspecified atom stereocenters. The summed E-state index contributed by atoms with van der Waals surface area (Å²) in [6, 6.07) is 0. The molecule has 0 aliphatic heterocycles. The van der Waals surface area contributed by atoms with Crippen LogP contribution in [0.4, 0.5) is 5.95 Å². The van der Waals surface area contributed by atoms with Gasteiger partial charge in [-0.25, -0.2) is 0 Å². The highest BCUT2D eigenvalue weighted by atomic mass is 16.5. The average molecular weight is 198 g/mol. The number of aromatic nitrogens is 2. The summed E-state index contributed by atoms with van der Waals surface area (Å²) in [5, 5.41) is 3.53. The quantitative estimate of drug-likeness (QED) is 0.730. The van der Waals surface area contributed by atoms with Crippen LogP contribution in [0.1, 0.15) is 26.2 Å². The number of rotatable bonds is 5. The Hall–Kier alpha value is -1.10. The summed E-state index contributed by atoms with van der Waals surface area (Å²) in [6.07, 6.45) is 1.79. The van der Waals surface area contributed by atoms with Crippen LogP contribution < -0.4 is 11.5 Å². The molecule has 0 radical (unpaired) electrons. The van der Waals surface area contributed by atoms with Gasteiger partial charge in [0.25, 0.3) is 5.95 Å². The number of hydrogen-bond donors (Lipinski definition) is 2. The number of anilines is 1. The molecule has 0 spiro atoms. The third-order valence-corrected chi connectivity index (χ3v) is 2.09. The lowest BCUT2D eigenvalue weighted by atomic mass is 9.94. The van der Waals surface area contributed by atoms with Crippen molar-refractivity contribution in [2.24, 2.45) is 17.6 Å². The van der Waals surface area contributed by atoms with Crippen molar-refractivity contribution < 1.29 is 4.52 Å². The van der Waals surface area contributed by atoms with Gasteiger partial charge >= 0.3 is 0 Å². The normalized spacial score (nSPS) is 13.4. The molecule has 0 saturated carbocycles. The highest BCUT2D eigenvalue weighted by molar-refractivity contribution is 5.10. The van der Waals surface area contributed by atoms with Crippen molar-refractivity contribution in [3.63, 3.8) is 0 Å². The van der Waals surface area contributed by atoms with Crippen molar-refractivity contribution in [2.45, 2.75) is 26.7 Å².